The van der Waals surface area contributed by atoms with Crippen LogP contribution in [-0.2, 0) is 18.2 Å². The number of hydrogen-bond acceptors (Lipinski definition) is 3. The molecule has 1 aliphatic heterocycles. The van der Waals surface area contributed by atoms with Crippen LogP contribution in [0.15, 0.2) is 36.5 Å². The maximum absolute atomic E-state index is 5.92. The molecule has 2 atom stereocenters. The lowest BCUT2D eigenvalue weighted by molar-refractivity contribution is 0.000438. The highest BCUT2D eigenvalue weighted by Crippen LogP contribution is 2.19. The highest BCUT2D eigenvalue weighted by atomic mass is 35.5. The van der Waals surface area contributed by atoms with E-state index in [1.807, 2.05) is 31.4 Å². The first-order valence-corrected chi connectivity index (χ1v) is 7.17. The summed E-state index contributed by atoms with van der Waals surface area (Å²) < 4.78 is 7.73. The van der Waals surface area contributed by atoms with Crippen molar-refractivity contribution in [1.82, 2.24) is 15.1 Å². The van der Waals surface area contributed by atoms with E-state index in [1.54, 1.807) is 4.68 Å². The van der Waals surface area contributed by atoms with Gasteiger partial charge in [0.2, 0.25) is 0 Å². The van der Waals surface area contributed by atoms with Crippen LogP contribution in [0.5, 0.6) is 0 Å². The molecule has 0 aliphatic carbocycles. The molecule has 0 radical (unpaired) electrons. The first-order chi connectivity index (χ1) is 9.70. The van der Waals surface area contributed by atoms with Crippen LogP contribution in [0.4, 0.5) is 0 Å². The van der Waals surface area contributed by atoms with Crippen LogP contribution >= 0.6 is 11.6 Å². The minimum absolute atomic E-state index is 0.0534. The van der Waals surface area contributed by atoms with Gasteiger partial charge in [0.1, 0.15) is 6.10 Å². The summed E-state index contributed by atoms with van der Waals surface area (Å²) in [7, 11) is 1.92. The minimum atomic E-state index is 0.0534. The third kappa shape index (κ3) is 3.20. The molecule has 106 valence electrons. The van der Waals surface area contributed by atoms with Crippen LogP contribution in [0.3, 0.4) is 0 Å². The molecule has 2 aromatic rings. The van der Waals surface area contributed by atoms with E-state index in [2.05, 4.69) is 22.5 Å². The SMILES string of the molecule is Cn1ccc(C2CNC(Cc3ccc(Cl)cc3)CO2)n1. The number of aryl methyl sites for hydroxylation is 1. The second-order valence-corrected chi connectivity index (χ2v) is 5.61. The third-order valence-corrected chi connectivity index (χ3v) is 3.80. The quantitative estimate of drug-likeness (QED) is 0.943. The van der Waals surface area contributed by atoms with Crippen molar-refractivity contribution in [2.75, 3.05) is 13.2 Å². The highest BCUT2D eigenvalue weighted by molar-refractivity contribution is 6.30. The second kappa shape index (κ2) is 5.95. The van der Waals surface area contributed by atoms with Crippen molar-refractivity contribution in [3.8, 4) is 0 Å². The number of rotatable bonds is 3. The summed E-state index contributed by atoms with van der Waals surface area (Å²) in [5, 5.41) is 8.70. The Morgan fingerprint density at radius 2 is 2.15 bits per heavy atom. The molecule has 0 spiro atoms. The Balaban J connectivity index is 1.54. The number of halogens is 1. The van der Waals surface area contributed by atoms with Crippen molar-refractivity contribution in [2.45, 2.75) is 18.6 Å². The summed E-state index contributed by atoms with van der Waals surface area (Å²) in [4.78, 5) is 0. The molecule has 0 amide bonds. The maximum atomic E-state index is 5.92. The van der Waals surface area contributed by atoms with Crippen LogP contribution in [0.1, 0.15) is 17.4 Å². The van der Waals surface area contributed by atoms with Gasteiger partial charge in [-0.2, -0.15) is 5.10 Å². The Hall–Kier alpha value is -1.36. The molecule has 5 heteroatoms. The number of ether oxygens (including phenoxy) is 1. The zero-order chi connectivity index (χ0) is 13.9. The molecule has 4 nitrogen and oxygen atoms in total. The summed E-state index contributed by atoms with van der Waals surface area (Å²) >= 11 is 5.89. The molecule has 1 aromatic heterocycles. The predicted molar refractivity (Wildman–Crippen MR) is 78.8 cm³/mol. The van der Waals surface area contributed by atoms with Crippen LogP contribution in [0, 0.1) is 0 Å². The van der Waals surface area contributed by atoms with Gasteiger partial charge in [-0.15, -0.1) is 0 Å². The molecule has 1 fully saturated rings. The van der Waals surface area contributed by atoms with Crippen LogP contribution in [0.25, 0.3) is 0 Å². The van der Waals surface area contributed by atoms with Gasteiger partial charge in [-0.1, -0.05) is 23.7 Å². The smallest absolute Gasteiger partial charge is 0.114 e. The molecule has 20 heavy (non-hydrogen) atoms. The van der Waals surface area contributed by atoms with Gasteiger partial charge in [0.05, 0.1) is 12.3 Å². The minimum Gasteiger partial charge on any atom is -0.369 e. The standard InChI is InChI=1S/C15H18ClN3O/c1-19-7-6-14(18-19)15-9-17-13(10-20-15)8-11-2-4-12(16)5-3-11/h2-7,13,15,17H,8-10H2,1H3. The molecule has 3 rings (SSSR count). The van der Waals surface area contributed by atoms with E-state index in [0.29, 0.717) is 12.6 Å². The first kappa shape index (κ1) is 13.6. The van der Waals surface area contributed by atoms with Gasteiger partial charge >= 0.3 is 0 Å². The maximum Gasteiger partial charge on any atom is 0.114 e. The van der Waals surface area contributed by atoms with Crippen LogP contribution < -0.4 is 5.32 Å². The van der Waals surface area contributed by atoms with Gasteiger partial charge < -0.3 is 10.1 Å². The molecule has 1 saturated heterocycles. The summed E-state index contributed by atoms with van der Waals surface area (Å²) in [6.45, 7) is 1.50. The fourth-order valence-corrected chi connectivity index (χ4v) is 2.58. The van der Waals surface area contributed by atoms with Gasteiger partial charge in [-0.3, -0.25) is 4.68 Å². The fraction of sp³-hybridized carbons (Fsp3) is 0.400. The molecule has 1 aromatic carbocycles. The third-order valence-electron chi connectivity index (χ3n) is 3.55. The molecule has 1 aliphatic rings. The predicted octanol–water partition coefficient (Wildman–Crippen LogP) is 2.35. The largest absolute Gasteiger partial charge is 0.369 e. The summed E-state index contributed by atoms with van der Waals surface area (Å²) in [5.41, 5.74) is 2.26. The van der Waals surface area contributed by atoms with Gasteiger partial charge in [0.15, 0.2) is 0 Å². The van der Waals surface area contributed by atoms with Gasteiger partial charge in [-0.05, 0) is 30.2 Å². The Bertz CT molecular complexity index is 559. The summed E-state index contributed by atoms with van der Waals surface area (Å²) in [6.07, 6.45) is 2.95. The van der Waals surface area contributed by atoms with Crippen molar-refractivity contribution in [3.05, 3.63) is 52.8 Å². The van der Waals surface area contributed by atoms with Crippen molar-refractivity contribution in [3.63, 3.8) is 0 Å². The van der Waals surface area contributed by atoms with E-state index in [-0.39, 0.29) is 6.10 Å². The van der Waals surface area contributed by atoms with Crippen molar-refractivity contribution >= 4 is 11.6 Å². The van der Waals surface area contributed by atoms with Crippen LogP contribution in [-0.4, -0.2) is 29.0 Å². The molecule has 0 saturated carbocycles. The lowest BCUT2D eigenvalue weighted by atomic mass is 10.0. The lowest BCUT2D eigenvalue weighted by Crippen LogP contribution is -2.44. The Labute approximate surface area is 123 Å². The van der Waals surface area contributed by atoms with Gasteiger partial charge in [-0.25, -0.2) is 0 Å². The highest BCUT2D eigenvalue weighted by Gasteiger charge is 2.23. The normalized spacial score (nSPS) is 22.9. The molecule has 1 N–H and O–H groups in total. The number of aromatic nitrogens is 2. The zero-order valence-electron chi connectivity index (χ0n) is 11.4. The fourth-order valence-electron chi connectivity index (χ4n) is 2.45. The van der Waals surface area contributed by atoms with Gasteiger partial charge in [0, 0.05) is 30.9 Å². The van der Waals surface area contributed by atoms with E-state index >= 15 is 0 Å². The zero-order valence-corrected chi connectivity index (χ0v) is 12.2. The number of hydrogen-bond donors (Lipinski definition) is 1. The van der Waals surface area contributed by atoms with Crippen molar-refractivity contribution in [1.29, 1.82) is 0 Å². The molecular weight excluding hydrogens is 274 g/mol. The molecule has 2 unspecified atom stereocenters. The van der Waals surface area contributed by atoms with E-state index in [1.165, 1.54) is 5.56 Å². The second-order valence-electron chi connectivity index (χ2n) is 5.17. The average Bonchev–Trinajstić information content (AvgIpc) is 2.89. The molecule has 2 heterocycles. The van der Waals surface area contributed by atoms with Gasteiger partial charge in [0.25, 0.3) is 0 Å². The Morgan fingerprint density at radius 1 is 1.35 bits per heavy atom. The first-order valence-electron chi connectivity index (χ1n) is 6.79. The van der Waals surface area contributed by atoms with E-state index in [9.17, 15) is 0 Å². The molecule has 0 bridgehead atoms. The van der Waals surface area contributed by atoms with E-state index < -0.39 is 0 Å². The monoisotopic (exact) mass is 291 g/mol. The van der Waals surface area contributed by atoms with E-state index in [4.69, 9.17) is 16.3 Å². The molecular formula is C15H18ClN3O. The Kier molecular flexibility index (Phi) is 4.05. The lowest BCUT2D eigenvalue weighted by Gasteiger charge is -2.29. The topological polar surface area (TPSA) is 39.1 Å². The number of nitrogens with one attached hydrogen (secondary N) is 1. The van der Waals surface area contributed by atoms with Crippen molar-refractivity contribution < 1.29 is 4.74 Å². The number of benzene rings is 1. The number of morpholine rings is 1. The average molecular weight is 292 g/mol. The number of nitrogens with zero attached hydrogens (tertiary/aromatic N) is 2. The van der Waals surface area contributed by atoms with E-state index in [0.717, 1.165) is 23.7 Å². The Morgan fingerprint density at radius 3 is 2.75 bits per heavy atom. The van der Waals surface area contributed by atoms with Crippen molar-refractivity contribution in [2.24, 2.45) is 7.05 Å². The summed E-state index contributed by atoms with van der Waals surface area (Å²) in [6, 6.07) is 10.3. The summed E-state index contributed by atoms with van der Waals surface area (Å²) in [5.74, 6) is 0. The van der Waals surface area contributed by atoms with Crippen LogP contribution in [0.2, 0.25) is 5.02 Å².